The number of ether oxygens (including phenoxy) is 1. The van der Waals surface area contributed by atoms with Gasteiger partial charge in [0.15, 0.2) is 0 Å². The van der Waals surface area contributed by atoms with Crippen molar-refractivity contribution in [3.8, 4) is 5.75 Å². The van der Waals surface area contributed by atoms with E-state index in [0.29, 0.717) is 0 Å². The maximum Gasteiger partial charge on any atom is 0.120 e. The Labute approximate surface area is 86.9 Å². The maximum atomic E-state index is 5.21. The highest BCUT2D eigenvalue weighted by Gasteiger charge is 2.02. The summed E-state index contributed by atoms with van der Waals surface area (Å²) in [5.41, 5.74) is 2.24. The zero-order valence-electron chi connectivity index (χ0n) is 8.34. The lowest BCUT2D eigenvalue weighted by molar-refractivity contribution is 0.415. The highest BCUT2D eigenvalue weighted by atomic mass is 16.5. The summed E-state index contributed by atoms with van der Waals surface area (Å²) in [6, 6.07) is 8.17. The molecule has 3 aromatic rings. The summed E-state index contributed by atoms with van der Waals surface area (Å²) in [6.45, 7) is 0. The van der Waals surface area contributed by atoms with E-state index in [9.17, 15) is 0 Å². The summed E-state index contributed by atoms with van der Waals surface area (Å²) in [4.78, 5) is 4.10. The van der Waals surface area contributed by atoms with E-state index in [1.54, 1.807) is 13.3 Å². The van der Waals surface area contributed by atoms with Gasteiger partial charge in [-0.1, -0.05) is 0 Å². The standard InChI is InChI=1S/C12H10N2O/c1-15-11-3-2-9-6-10-8-13-4-5-14(10)12(9)7-11/h2-8H,1H3. The molecule has 74 valence electrons. The predicted octanol–water partition coefficient (Wildman–Crippen LogP) is 2.50. The van der Waals surface area contributed by atoms with Gasteiger partial charge in [0.25, 0.3) is 0 Å². The molecule has 1 aromatic carbocycles. The molecule has 2 aromatic heterocycles. The molecule has 3 rings (SSSR count). The van der Waals surface area contributed by atoms with Crippen molar-refractivity contribution in [3.05, 3.63) is 42.9 Å². The Morgan fingerprint density at radius 3 is 3.07 bits per heavy atom. The third kappa shape index (κ3) is 1.16. The summed E-state index contributed by atoms with van der Waals surface area (Å²) >= 11 is 0. The number of methoxy groups -OCH3 is 1. The van der Waals surface area contributed by atoms with E-state index in [1.807, 2.05) is 24.5 Å². The van der Waals surface area contributed by atoms with Gasteiger partial charge in [-0.05, 0) is 18.2 Å². The van der Waals surface area contributed by atoms with Gasteiger partial charge < -0.3 is 9.14 Å². The average Bonchev–Trinajstić information content (AvgIpc) is 2.66. The highest BCUT2D eigenvalue weighted by Crippen LogP contribution is 2.23. The molecule has 0 unspecified atom stereocenters. The van der Waals surface area contributed by atoms with E-state index in [4.69, 9.17) is 4.74 Å². The Bertz CT molecular complexity index is 628. The van der Waals surface area contributed by atoms with Crippen LogP contribution >= 0.6 is 0 Å². The first-order valence-corrected chi connectivity index (χ1v) is 4.77. The van der Waals surface area contributed by atoms with Crippen molar-refractivity contribution in [2.45, 2.75) is 0 Å². The zero-order valence-corrected chi connectivity index (χ0v) is 8.34. The number of benzene rings is 1. The number of rotatable bonds is 1. The molecule has 2 heterocycles. The first-order valence-electron chi connectivity index (χ1n) is 4.77. The summed E-state index contributed by atoms with van der Waals surface area (Å²) in [5, 5.41) is 1.20. The van der Waals surface area contributed by atoms with Crippen LogP contribution in [0, 0.1) is 0 Å². The quantitative estimate of drug-likeness (QED) is 0.600. The van der Waals surface area contributed by atoms with Gasteiger partial charge in [-0.15, -0.1) is 0 Å². The van der Waals surface area contributed by atoms with Crippen LogP contribution in [0.25, 0.3) is 16.4 Å². The van der Waals surface area contributed by atoms with Gasteiger partial charge in [0, 0.05) is 23.8 Å². The number of hydrogen-bond donors (Lipinski definition) is 0. The van der Waals surface area contributed by atoms with Crippen LogP contribution in [0.3, 0.4) is 0 Å². The molecule has 0 atom stereocenters. The minimum absolute atomic E-state index is 0.874. The van der Waals surface area contributed by atoms with Crippen LogP contribution in [-0.2, 0) is 0 Å². The van der Waals surface area contributed by atoms with Crippen molar-refractivity contribution < 1.29 is 4.74 Å². The maximum absolute atomic E-state index is 5.21. The first-order chi connectivity index (χ1) is 7.38. The van der Waals surface area contributed by atoms with Crippen LogP contribution in [0.15, 0.2) is 42.9 Å². The second kappa shape index (κ2) is 2.98. The molecule has 0 aliphatic rings. The fourth-order valence-corrected chi connectivity index (χ4v) is 1.84. The van der Waals surface area contributed by atoms with Gasteiger partial charge in [-0.2, -0.15) is 0 Å². The number of hydrogen-bond acceptors (Lipinski definition) is 2. The lowest BCUT2D eigenvalue weighted by Gasteiger charge is -2.00. The summed E-state index contributed by atoms with van der Waals surface area (Å²) in [5.74, 6) is 0.874. The summed E-state index contributed by atoms with van der Waals surface area (Å²) in [7, 11) is 1.68. The third-order valence-corrected chi connectivity index (χ3v) is 2.59. The Kier molecular flexibility index (Phi) is 1.65. The second-order valence-electron chi connectivity index (χ2n) is 3.44. The van der Waals surface area contributed by atoms with Gasteiger partial charge >= 0.3 is 0 Å². The lowest BCUT2D eigenvalue weighted by atomic mass is 10.2. The molecule has 0 amide bonds. The molecule has 0 saturated carbocycles. The van der Waals surface area contributed by atoms with Crippen molar-refractivity contribution in [3.63, 3.8) is 0 Å². The smallest absolute Gasteiger partial charge is 0.120 e. The van der Waals surface area contributed by atoms with Crippen LogP contribution in [0.5, 0.6) is 5.75 Å². The SMILES string of the molecule is COc1ccc2cc3cnccn3c2c1. The van der Waals surface area contributed by atoms with Gasteiger partial charge in [0.2, 0.25) is 0 Å². The van der Waals surface area contributed by atoms with Crippen LogP contribution < -0.4 is 4.74 Å². The summed E-state index contributed by atoms with van der Waals surface area (Å²) < 4.78 is 7.31. The largest absolute Gasteiger partial charge is 0.497 e. The molecule has 0 saturated heterocycles. The van der Waals surface area contributed by atoms with Crippen LogP contribution in [-0.4, -0.2) is 16.5 Å². The third-order valence-electron chi connectivity index (χ3n) is 2.59. The van der Waals surface area contributed by atoms with Gasteiger partial charge in [-0.3, -0.25) is 4.98 Å². The van der Waals surface area contributed by atoms with E-state index in [0.717, 1.165) is 16.8 Å². The van der Waals surface area contributed by atoms with Gasteiger partial charge in [-0.25, -0.2) is 0 Å². The second-order valence-corrected chi connectivity index (χ2v) is 3.44. The van der Waals surface area contributed by atoms with E-state index in [-0.39, 0.29) is 0 Å². The van der Waals surface area contributed by atoms with Crippen molar-refractivity contribution >= 4 is 16.4 Å². The minimum atomic E-state index is 0.874. The van der Waals surface area contributed by atoms with Crippen molar-refractivity contribution in [2.75, 3.05) is 7.11 Å². The Hall–Kier alpha value is -2.03. The number of nitrogens with zero attached hydrogens (tertiary/aromatic N) is 2. The monoisotopic (exact) mass is 198 g/mol. The van der Waals surface area contributed by atoms with Gasteiger partial charge in [0.05, 0.1) is 24.3 Å². The van der Waals surface area contributed by atoms with Crippen molar-refractivity contribution in [2.24, 2.45) is 0 Å². The number of fused-ring (bicyclic) bond motifs is 3. The van der Waals surface area contributed by atoms with Crippen molar-refractivity contribution in [1.29, 1.82) is 0 Å². The Balaban J connectivity index is 2.46. The molecule has 15 heavy (non-hydrogen) atoms. The molecule has 0 fully saturated rings. The van der Waals surface area contributed by atoms with E-state index < -0.39 is 0 Å². The number of aromatic nitrogens is 2. The average molecular weight is 198 g/mol. The van der Waals surface area contributed by atoms with Crippen LogP contribution in [0.2, 0.25) is 0 Å². The predicted molar refractivity (Wildman–Crippen MR) is 59.3 cm³/mol. The topological polar surface area (TPSA) is 26.5 Å². The zero-order chi connectivity index (χ0) is 10.3. The molecule has 3 nitrogen and oxygen atoms in total. The molecule has 0 radical (unpaired) electrons. The molecule has 0 N–H and O–H groups in total. The molecule has 3 heteroatoms. The van der Waals surface area contributed by atoms with Gasteiger partial charge in [0.1, 0.15) is 5.75 Å². The lowest BCUT2D eigenvalue weighted by Crippen LogP contribution is -1.85. The summed E-state index contributed by atoms with van der Waals surface area (Å²) in [6.07, 6.45) is 5.59. The first kappa shape index (κ1) is 8.29. The van der Waals surface area contributed by atoms with E-state index in [1.165, 1.54) is 5.39 Å². The van der Waals surface area contributed by atoms with Crippen LogP contribution in [0.1, 0.15) is 0 Å². The Morgan fingerprint density at radius 2 is 2.20 bits per heavy atom. The normalized spacial score (nSPS) is 11.0. The fourth-order valence-electron chi connectivity index (χ4n) is 1.84. The minimum Gasteiger partial charge on any atom is -0.497 e. The van der Waals surface area contributed by atoms with E-state index in [2.05, 4.69) is 21.5 Å². The molecule has 0 aliphatic heterocycles. The Morgan fingerprint density at radius 1 is 1.27 bits per heavy atom. The van der Waals surface area contributed by atoms with Crippen molar-refractivity contribution in [1.82, 2.24) is 9.38 Å². The van der Waals surface area contributed by atoms with E-state index >= 15 is 0 Å². The molecule has 0 aliphatic carbocycles. The molecule has 0 bridgehead atoms. The highest BCUT2D eigenvalue weighted by molar-refractivity contribution is 5.87. The fraction of sp³-hybridized carbons (Fsp3) is 0.0833. The molecular weight excluding hydrogens is 188 g/mol. The molecular formula is C12H10N2O. The molecule has 0 spiro atoms. The van der Waals surface area contributed by atoms with Crippen LogP contribution in [0.4, 0.5) is 0 Å².